The van der Waals surface area contributed by atoms with Gasteiger partial charge in [0.1, 0.15) is 13.1 Å². The summed E-state index contributed by atoms with van der Waals surface area (Å²) in [7, 11) is 0. The molecule has 0 spiro atoms. The zero-order chi connectivity index (χ0) is 20.2. The standard InChI is InChI=1S/C22H26N4O3/c1-2-26-19-6-4-3-5-17(19)18-15-16(7-8-20(18)26)24-22(28)21(27)23-9-10-25-11-13-29-14-12-25/h3-8,15H,2,9-14H2,1H3,(H,23,27)(H,24,28)/p+1. The lowest BCUT2D eigenvalue weighted by atomic mass is 10.1. The van der Waals surface area contributed by atoms with Crippen molar-refractivity contribution in [2.45, 2.75) is 13.5 Å². The van der Waals surface area contributed by atoms with Crippen LogP contribution in [-0.4, -0.2) is 55.8 Å². The molecule has 29 heavy (non-hydrogen) atoms. The van der Waals surface area contributed by atoms with Gasteiger partial charge < -0.3 is 24.8 Å². The number of carbonyl (C=O) groups is 2. The molecule has 1 fully saturated rings. The highest BCUT2D eigenvalue weighted by Crippen LogP contribution is 2.30. The summed E-state index contributed by atoms with van der Waals surface area (Å²) in [4.78, 5) is 25.8. The van der Waals surface area contributed by atoms with Gasteiger partial charge in [-0.2, -0.15) is 0 Å². The third kappa shape index (κ3) is 4.11. The second-order valence-corrected chi connectivity index (χ2v) is 7.32. The van der Waals surface area contributed by atoms with Crippen LogP contribution in [0.25, 0.3) is 21.8 Å². The van der Waals surface area contributed by atoms with Crippen molar-refractivity contribution in [2.24, 2.45) is 0 Å². The summed E-state index contributed by atoms with van der Waals surface area (Å²) >= 11 is 0. The van der Waals surface area contributed by atoms with E-state index in [-0.39, 0.29) is 0 Å². The van der Waals surface area contributed by atoms with Gasteiger partial charge >= 0.3 is 11.8 Å². The maximum Gasteiger partial charge on any atom is 0.313 e. The number of quaternary nitrogens is 1. The fourth-order valence-corrected chi connectivity index (χ4v) is 4.00. The minimum Gasteiger partial charge on any atom is -0.370 e. The zero-order valence-electron chi connectivity index (χ0n) is 16.7. The molecule has 2 heterocycles. The van der Waals surface area contributed by atoms with Gasteiger partial charge in [0.15, 0.2) is 0 Å². The van der Waals surface area contributed by atoms with Crippen molar-refractivity contribution < 1.29 is 19.2 Å². The number of anilines is 1. The van der Waals surface area contributed by atoms with Crippen LogP contribution in [0.2, 0.25) is 0 Å². The van der Waals surface area contributed by atoms with Crippen LogP contribution in [0.1, 0.15) is 6.92 Å². The minimum atomic E-state index is -0.638. The highest BCUT2D eigenvalue weighted by atomic mass is 16.5. The lowest BCUT2D eigenvalue weighted by Gasteiger charge is -2.23. The van der Waals surface area contributed by atoms with E-state index in [0.717, 1.165) is 61.2 Å². The third-order valence-electron chi connectivity index (χ3n) is 5.52. The van der Waals surface area contributed by atoms with E-state index >= 15 is 0 Å². The lowest BCUT2D eigenvalue weighted by Crippen LogP contribution is -3.14. The second-order valence-electron chi connectivity index (χ2n) is 7.32. The zero-order valence-corrected chi connectivity index (χ0v) is 16.7. The van der Waals surface area contributed by atoms with Gasteiger partial charge in [0.05, 0.1) is 26.3 Å². The van der Waals surface area contributed by atoms with Gasteiger partial charge in [0, 0.05) is 34.0 Å². The van der Waals surface area contributed by atoms with Crippen LogP contribution in [0.3, 0.4) is 0 Å². The predicted molar refractivity (Wildman–Crippen MR) is 113 cm³/mol. The Morgan fingerprint density at radius 3 is 2.59 bits per heavy atom. The SMILES string of the molecule is CCn1c2ccccc2c2cc(NC(=O)C(=O)NCC[NH+]3CCOCC3)ccc21. The van der Waals surface area contributed by atoms with Crippen molar-refractivity contribution in [3.63, 3.8) is 0 Å². The number of aryl methyl sites for hydroxylation is 1. The fourth-order valence-electron chi connectivity index (χ4n) is 4.00. The molecule has 2 aromatic carbocycles. The first-order valence-corrected chi connectivity index (χ1v) is 10.2. The van der Waals surface area contributed by atoms with E-state index in [1.807, 2.05) is 30.3 Å². The van der Waals surface area contributed by atoms with Crippen LogP contribution in [0.5, 0.6) is 0 Å². The van der Waals surface area contributed by atoms with Gasteiger partial charge in [0.2, 0.25) is 0 Å². The molecule has 7 nitrogen and oxygen atoms in total. The molecule has 7 heteroatoms. The maximum atomic E-state index is 12.3. The molecule has 0 aliphatic carbocycles. The first kappa shape index (κ1) is 19.4. The smallest absolute Gasteiger partial charge is 0.313 e. The van der Waals surface area contributed by atoms with Gasteiger partial charge in [-0.15, -0.1) is 0 Å². The van der Waals surface area contributed by atoms with Crippen LogP contribution >= 0.6 is 0 Å². The Hall–Kier alpha value is -2.90. The monoisotopic (exact) mass is 395 g/mol. The Labute approximate surface area is 169 Å². The Morgan fingerprint density at radius 2 is 1.79 bits per heavy atom. The number of benzene rings is 2. The summed E-state index contributed by atoms with van der Waals surface area (Å²) in [5, 5.41) is 7.64. The van der Waals surface area contributed by atoms with Crippen molar-refractivity contribution in [1.29, 1.82) is 0 Å². The topological polar surface area (TPSA) is 76.8 Å². The molecule has 2 amide bonds. The highest BCUT2D eigenvalue weighted by Gasteiger charge is 2.17. The number of hydrogen-bond acceptors (Lipinski definition) is 3. The van der Waals surface area contributed by atoms with E-state index in [0.29, 0.717) is 12.2 Å². The van der Waals surface area contributed by atoms with E-state index in [9.17, 15) is 9.59 Å². The number of fused-ring (bicyclic) bond motifs is 3. The molecule has 1 aliphatic heterocycles. The number of hydrogen-bond donors (Lipinski definition) is 3. The Morgan fingerprint density at radius 1 is 1.03 bits per heavy atom. The molecular formula is C22H27N4O3+. The average Bonchev–Trinajstić information content (AvgIpc) is 3.07. The molecular weight excluding hydrogens is 368 g/mol. The molecule has 1 aliphatic rings. The fraction of sp³-hybridized carbons (Fsp3) is 0.364. The summed E-state index contributed by atoms with van der Waals surface area (Å²) in [5.74, 6) is -1.24. The summed E-state index contributed by atoms with van der Waals surface area (Å²) in [6, 6.07) is 14.0. The molecule has 1 aromatic heterocycles. The molecule has 4 rings (SSSR count). The molecule has 3 aromatic rings. The predicted octanol–water partition coefficient (Wildman–Crippen LogP) is 0.784. The van der Waals surface area contributed by atoms with Crippen molar-refractivity contribution in [1.82, 2.24) is 9.88 Å². The Balaban J connectivity index is 1.42. The third-order valence-corrected chi connectivity index (χ3v) is 5.52. The minimum absolute atomic E-state index is 0.477. The number of nitrogens with zero attached hydrogens (tertiary/aromatic N) is 1. The van der Waals surface area contributed by atoms with Crippen molar-refractivity contribution in [3.05, 3.63) is 42.5 Å². The second kappa shape index (κ2) is 8.63. The van der Waals surface area contributed by atoms with Crippen LogP contribution in [0.15, 0.2) is 42.5 Å². The summed E-state index contributed by atoms with van der Waals surface area (Å²) in [6.07, 6.45) is 0. The van der Waals surface area contributed by atoms with Gasteiger partial charge in [-0.3, -0.25) is 9.59 Å². The summed E-state index contributed by atoms with van der Waals surface area (Å²) in [5.41, 5.74) is 2.90. The molecule has 0 radical (unpaired) electrons. The first-order chi connectivity index (χ1) is 14.2. The van der Waals surface area contributed by atoms with Gasteiger partial charge in [-0.05, 0) is 31.2 Å². The van der Waals surface area contributed by atoms with Crippen LogP contribution < -0.4 is 15.5 Å². The van der Waals surface area contributed by atoms with Crippen molar-refractivity contribution in [2.75, 3.05) is 44.7 Å². The molecule has 0 unspecified atom stereocenters. The summed E-state index contributed by atoms with van der Waals surface area (Å²) < 4.78 is 7.57. The molecule has 0 atom stereocenters. The van der Waals surface area contributed by atoms with Crippen LogP contribution in [0, 0.1) is 0 Å². The van der Waals surface area contributed by atoms with Crippen molar-refractivity contribution >= 4 is 39.3 Å². The number of rotatable bonds is 5. The van der Waals surface area contributed by atoms with E-state index < -0.39 is 11.8 Å². The Bertz CT molecular complexity index is 1040. The van der Waals surface area contributed by atoms with Crippen LogP contribution in [-0.2, 0) is 20.9 Å². The largest absolute Gasteiger partial charge is 0.370 e. The van der Waals surface area contributed by atoms with E-state index in [2.05, 4.69) is 34.3 Å². The Kier molecular flexibility index (Phi) is 5.78. The molecule has 0 saturated carbocycles. The number of nitrogens with one attached hydrogen (secondary N) is 3. The number of aromatic nitrogens is 1. The van der Waals surface area contributed by atoms with Crippen molar-refractivity contribution in [3.8, 4) is 0 Å². The number of carbonyl (C=O) groups excluding carboxylic acids is 2. The van der Waals surface area contributed by atoms with E-state index in [1.54, 1.807) is 0 Å². The number of amides is 2. The van der Waals surface area contributed by atoms with Gasteiger partial charge in [-0.25, -0.2) is 0 Å². The molecule has 0 bridgehead atoms. The van der Waals surface area contributed by atoms with Gasteiger partial charge in [0.25, 0.3) is 0 Å². The quantitative estimate of drug-likeness (QED) is 0.559. The molecule has 1 saturated heterocycles. The summed E-state index contributed by atoms with van der Waals surface area (Å²) in [6.45, 7) is 7.63. The number of morpholine rings is 1. The highest BCUT2D eigenvalue weighted by molar-refractivity contribution is 6.39. The number of para-hydroxylation sites is 1. The molecule has 152 valence electrons. The maximum absolute atomic E-state index is 12.3. The number of ether oxygens (including phenoxy) is 1. The van der Waals surface area contributed by atoms with Crippen LogP contribution in [0.4, 0.5) is 5.69 Å². The van der Waals surface area contributed by atoms with E-state index in [4.69, 9.17) is 4.74 Å². The first-order valence-electron chi connectivity index (χ1n) is 10.2. The molecule has 3 N–H and O–H groups in total. The van der Waals surface area contributed by atoms with E-state index in [1.165, 1.54) is 4.90 Å². The van der Waals surface area contributed by atoms with Gasteiger partial charge in [-0.1, -0.05) is 18.2 Å². The lowest BCUT2D eigenvalue weighted by molar-refractivity contribution is -0.906. The average molecular weight is 395 g/mol. The normalized spacial score (nSPS) is 14.9.